The van der Waals surface area contributed by atoms with Gasteiger partial charge in [-0.15, -0.1) is 11.3 Å². The summed E-state index contributed by atoms with van der Waals surface area (Å²) in [5, 5.41) is 0.691. The number of aromatic nitrogens is 3. The number of halogens is 3. The van der Waals surface area contributed by atoms with Crippen LogP contribution in [-0.2, 0) is 71.7 Å². The molecule has 0 radical (unpaired) electrons. The van der Waals surface area contributed by atoms with E-state index in [1.165, 1.54) is 104 Å². The normalized spacial score (nSPS) is 20.9. The lowest BCUT2D eigenvalue weighted by molar-refractivity contribution is -0.131. The number of hydrogen-bond acceptors (Lipinski definition) is 23. The van der Waals surface area contributed by atoms with Gasteiger partial charge in [0.2, 0.25) is 37.8 Å². The maximum Gasteiger partial charge on any atom is 0.266 e. The minimum absolute atomic E-state index is 0.0873. The number of benzene rings is 9. The summed E-state index contributed by atoms with van der Waals surface area (Å²) in [6.45, 7) is 9.70. The van der Waals surface area contributed by atoms with Gasteiger partial charge in [0.15, 0.2) is 40.9 Å². The molecule has 146 heavy (non-hydrogen) atoms. The lowest BCUT2D eigenvalue weighted by Gasteiger charge is -2.41. The Balaban J connectivity index is 0.000000131. The third kappa shape index (κ3) is 22.5. The van der Waals surface area contributed by atoms with Crippen molar-refractivity contribution in [1.82, 2.24) is 48.5 Å². The molecular weight excluding hydrogens is 1910 g/mol. The molecule has 35 heteroatoms. The van der Waals surface area contributed by atoms with Crippen molar-refractivity contribution in [3.8, 4) is 32.8 Å². The van der Waals surface area contributed by atoms with Crippen LogP contribution in [0.25, 0.3) is 32.8 Å². The highest BCUT2D eigenvalue weighted by Crippen LogP contribution is 2.51. The fourth-order valence-corrected chi connectivity index (χ4v) is 22.6. The first-order valence-corrected chi connectivity index (χ1v) is 52.9. The van der Waals surface area contributed by atoms with E-state index >= 15 is 0 Å². The van der Waals surface area contributed by atoms with Gasteiger partial charge < -0.3 is 28.7 Å². The first-order chi connectivity index (χ1) is 69.8. The van der Waals surface area contributed by atoms with Gasteiger partial charge in [-0.2, -0.15) is 0 Å². The van der Waals surface area contributed by atoms with E-state index in [2.05, 4.69) is 53.9 Å². The molecule has 11 N–H and O–H groups in total. The molecule has 8 aliphatic rings. The van der Waals surface area contributed by atoms with Crippen LogP contribution in [0.2, 0.25) is 0 Å². The van der Waals surface area contributed by atoms with Crippen molar-refractivity contribution in [2.24, 2.45) is 59.5 Å². The molecule has 2 aliphatic carbocycles. The number of unbranched alkanes of at least 4 members (excludes halogenated alkanes) is 1. The number of piperidine rings is 1. The average Bonchev–Trinajstić information content (AvgIpc) is 1.64. The first-order valence-electron chi connectivity index (χ1n) is 48.6. The van der Waals surface area contributed by atoms with Crippen molar-refractivity contribution >= 4 is 90.7 Å². The summed E-state index contributed by atoms with van der Waals surface area (Å²) in [6, 6.07) is 79.0. The van der Waals surface area contributed by atoms with Gasteiger partial charge in [0, 0.05) is 89.1 Å². The molecule has 0 spiro atoms. The van der Waals surface area contributed by atoms with Gasteiger partial charge >= 0.3 is 0 Å². The van der Waals surface area contributed by atoms with Crippen molar-refractivity contribution in [2.45, 2.75) is 143 Å². The molecule has 1 saturated heterocycles. The topological polar surface area (TPSA) is 416 Å². The van der Waals surface area contributed by atoms with E-state index in [4.69, 9.17) is 43.6 Å². The third-order valence-electron chi connectivity index (χ3n) is 28.0. The zero-order valence-electron chi connectivity index (χ0n) is 82.5. The highest BCUT2D eigenvalue weighted by molar-refractivity contribution is 7.89. The van der Waals surface area contributed by atoms with Crippen LogP contribution >= 0.6 is 11.3 Å². The van der Waals surface area contributed by atoms with Crippen LogP contribution in [0.4, 0.5) is 13.2 Å². The van der Waals surface area contributed by atoms with Crippen molar-refractivity contribution < 1.29 is 54.0 Å². The van der Waals surface area contributed by atoms with Crippen LogP contribution in [0.15, 0.2) is 311 Å². The van der Waals surface area contributed by atoms with Crippen LogP contribution < -0.4 is 33.4 Å². The number of thiazole rings is 1. The van der Waals surface area contributed by atoms with E-state index in [1.54, 1.807) is 61.1 Å². The maximum absolute atomic E-state index is 13.8. The van der Waals surface area contributed by atoms with Crippen LogP contribution in [0.5, 0.6) is 0 Å². The summed E-state index contributed by atoms with van der Waals surface area (Å²) in [4.78, 5) is 110. The zero-order valence-corrected chi connectivity index (χ0v) is 85.0. The first kappa shape index (κ1) is 104. The Kier molecular flexibility index (Phi) is 31.1. The highest BCUT2D eigenvalue weighted by Gasteiger charge is 2.54. The number of nitrogens with two attached hydrogens (primary N) is 5. The fourth-order valence-electron chi connectivity index (χ4n) is 19.5. The van der Waals surface area contributed by atoms with Gasteiger partial charge in [0.1, 0.15) is 39.1 Å². The summed E-state index contributed by atoms with van der Waals surface area (Å²) < 4.78 is 91.9. The van der Waals surface area contributed by atoms with Gasteiger partial charge in [-0.3, -0.25) is 58.4 Å². The number of pyridine rings is 2. The number of guanidine groups is 5. The second-order valence-corrected chi connectivity index (χ2v) is 43.3. The van der Waals surface area contributed by atoms with E-state index in [-0.39, 0.29) is 83.2 Å². The maximum atomic E-state index is 13.8. The summed E-state index contributed by atoms with van der Waals surface area (Å²) in [5.74, 6) is -0.234. The van der Waals surface area contributed by atoms with Crippen molar-refractivity contribution in [3.63, 3.8) is 0 Å². The molecule has 3 aromatic heterocycles. The number of amides is 5. The monoisotopic (exact) mass is 2030 g/mol. The van der Waals surface area contributed by atoms with Crippen LogP contribution in [0, 0.1) is 23.4 Å². The number of nitrogens with one attached hydrogen (secondary N) is 1. The molecule has 20 rings (SSSR count). The molecule has 2 saturated carbocycles. The Bertz CT molecular complexity index is 6950. The number of likely N-dealkylation sites (N-methyl/N-ethyl adjacent to an activating group) is 2. The lowest BCUT2D eigenvalue weighted by Crippen LogP contribution is -2.52. The quantitative estimate of drug-likeness (QED) is 0.0289. The minimum atomic E-state index is -3.21. The zero-order chi connectivity index (χ0) is 104. The SMILES string of the molecule is CCCS(=O)(=O)N1CCC(CN2C(=O)C(c3ccccc3)(c3ccccc3)N=C2N)CC1.CN1C(=O)C[C@@](C)(c2cnc(-c3cccc(F)c3)s2)N=C1N.CN1C(=O)[C@@H](c2ccc(C3CC3)cc2)[C@@](C)(c2cccc(-c3cncc(F)c3)c2)N=C1N.CN1C(=O)[C@H](c2ccc(C3CC3)cc2)[C@@](C)(c2cccc(-c3cncc(F)c3)c2)N=C1N.CS(=O)(=O)NCCCCN1C(=O)C(c2ccccc2)(c2ccccc2)N=C1N. The fraction of sp³-hybridized carbons (Fsp3) is 0.306. The Morgan fingerprint density at radius 2 is 0.829 bits per heavy atom. The number of carbonyl (C=O) groups is 5. The molecule has 5 atom stereocenters. The van der Waals surface area contributed by atoms with E-state index in [0.29, 0.717) is 98.4 Å². The van der Waals surface area contributed by atoms with Gasteiger partial charge in [-0.1, -0.05) is 225 Å². The molecule has 0 bridgehead atoms. The molecule has 9 heterocycles. The summed E-state index contributed by atoms with van der Waals surface area (Å²) in [6.07, 6.45) is 16.7. The number of carbonyl (C=O) groups excluding carboxylic acids is 5. The molecular formula is C111H119F3N20O9S3. The predicted octanol–water partition coefficient (Wildman–Crippen LogP) is 15.4. The molecule has 0 unspecified atom stereocenters. The van der Waals surface area contributed by atoms with E-state index in [9.17, 15) is 54.0 Å². The van der Waals surface area contributed by atoms with Gasteiger partial charge in [-0.25, -0.2) is 69.0 Å². The second kappa shape index (κ2) is 43.6. The average molecular weight is 2030 g/mol. The molecule has 6 aliphatic heterocycles. The van der Waals surface area contributed by atoms with E-state index < -0.39 is 71.2 Å². The number of hydrogen-bond donors (Lipinski definition) is 6. The lowest BCUT2D eigenvalue weighted by atomic mass is 9.74. The van der Waals surface area contributed by atoms with Gasteiger partial charge in [0.05, 0.1) is 47.5 Å². The number of rotatable bonds is 25. The number of nitrogens with zero attached hydrogens (tertiary/aromatic N) is 14. The van der Waals surface area contributed by atoms with Crippen molar-refractivity contribution in [3.05, 3.63) is 364 Å². The molecule has 756 valence electrons. The minimum Gasteiger partial charge on any atom is -0.369 e. The highest BCUT2D eigenvalue weighted by atomic mass is 32.2. The van der Waals surface area contributed by atoms with Crippen LogP contribution in [0.1, 0.15) is 176 Å². The third-order valence-corrected chi connectivity index (χ3v) is 32.1. The summed E-state index contributed by atoms with van der Waals surface area (Å²) >= 11 is 1.39. The van der Waals surface area contributed by atoms with Crippen molar-refractivity contribution in [1.29, 1.82) is 0 Å². The van der Waals surface area contributed by atoms with E-state index in [1.807, 2.05) is 222 Å². The van der Waals surface area contributed by atoms with Crippen LogP contribution in [-0.4, -0.2) is 186 Å². The Labute approximate surface area is 853 Å². The number of sulfonamides is 2. The predicted molar refractivity (Wildman–Crippen MR) is 563 cm³/mol. The second-order valence-electron chi connectivity index (χ2n) is 38.4. The summed E-state index contributed by atoms with van der Waals surface area (Å²) in [5.41, 5.74) is 38.5. The smallest absolute Gasteiger partial charge is 0.266 e. The molecule has 29 nitrogen and oxygen atoms in total. The Morgan fingerprint density at radius 1 is 0.425 bits per heavy atom. The molecule has 9 aromatic carbocycles. The van der Waals surface area contributed by atoms with Crippen molar-refractivity contribution in [2.75, 3.05) is 65.9 Å². The van der Waals surface area contributed by atoms with Gasteiger partial charge in [0.25, 0.3) is 11.8 Å². The Hall–Kier alpha value is -14.8. The largest absolute Gasteiger partial charge is 0.369 e. The molecule has 5 amide bonds. The summed E-state index contributed by atoms with van der Waals surface area (Å²) in [7, 11) is -1.50. The standard InChI is InChI=1S/2C26H25FN4O.C24H30N4O3S.C20H24N4O3S.C15H15FN4OS/c2*1-26(21-5-3-4-19(12-21)20-13-22(27)15-29-14-20)23(24(32)31(2)25(28)30-26)18-10-8-17(9-11-18)16-6-7-16;1-2-17-32(30,31)27-15-13-19(14-16-27)18-28-22(29)24(26-23(28)25,20-9-5-3-6-10-20)21-11-7-4-8-12-21;1-28(26,27)22-14-8-9-15-24-18(25)20(23-19(24)21,16-10-4-2-5-11-16)17-12-6-3-7-13-17;1-15(7-12(21)20(2)14(17)19-15)11-8-18-13(22-11)9-4-3-5-10(16)6-9/h2*3-5,8-16,23H,6-7H2,1-2H3,(H2,28,30);3-12,19H,2,13-18H2,1H3,(H2,25,26);2-7,10-13,22H,8-9,14-15H2,1H3,(H2,21,23);3-6,8H,7H2,1-2H3,(H2,17,19)/t23-,26+;23-,26-;;;15-/m01..0/s1. The Morgan fingerprint density at radius 3 is 1.25 bits per heavy atom. The van der Waals surface area contributed by atoms with Crippen LogP contribution in [0.3, 0.4) is 0 Å². The van der Waals surface area contributed by atoms with Gasteiger partial charge in [-0.05, 0) is 199 Å². The number of aliphatic imine (C=N–C) groups is 5. The molecule has 3 fully saturated rings. The van der Waals surface area contributed by atoms with E-state index in [0.717, 1.165) is 66.8 Å². The molecule has 12 aromatic rings.